The Bertz CT molecular complexity index is 982. The van der Waals surface area contributed by atoms with Gasteiger partial charge in [0.05, 0.1) is 6.04 Å². The van der Waals surface area contributed by atoms with Crippen molar-refractivity contribution in [2.45, 2.75) is 56.4 Å². The van der Waals surface area contributed by atoms with Crippen LogP contribution in [-0.4, -0.2) is 55.0 Å². The van der Waals surface area contributed by atoms with Crippen molar-refractivity contribution in [2.24, 2.45) is 0 Å². The number of carboxylic acid groups (broad SMARTS) is 1. The largest absolute Gasteiger partial charge is 0.598 e. The Labute approximate surface area is 197 Å². The van der Waals surface area contributed by atoms with Crippen molar-refractivity contribution in [3.05, 3.63) is 70.3 Å². The maximum absolute atomic E-state index is 13.0. The van der Waals surface area contributed by atoms with Crippen molar-refractivity contribution in [3.63, 3.8) is 0 Å². The summed E-state index contributed by atoms with van der Waals surface area (Å²) in [5.41, 5.74) is 1.63. The van der Waals surface area contributed by atoms with Gasteiger partial charge in [0.2, 0.25) is 6.54 Å². The van der Waals surface area contributed by atoms with Crippen LogP contribution in [0.5, 0.6) is 0 Å². The molecule has 2 N–H and O–H groups in total. The second-order valence-corrected chi connectivity index (χ2v) is 11.5. The van der Waals surface area contributed by atoms with Gasteiger partial charge in [-0.2, -0.15) is 0 Å². The Morgan fingerprint density at radius 1 is 1.21 bits per heavy atom. The Morgan fingerprint density at radius 2 is 1.88 bits per heavy atom. The summed E-state index contributed by atoms with van der Waals surface area (Å²) in [7, 11) is 0. The molecule has 1 aliphatic rings. The maximum Gasteiger partial charge on any atom is 0.407 e. The molecule has 0 aliphatic carbocycles. The van der Waals surface area contributed by atoms with Crippen LogP contribution >= 0.6 is 0 Å². The molecule has 0 bridgehead atoms. The Morgan fingerprint density at radius 3 is 2.48 bits per heavy atom. The van der Waals surface area contributed by atoms with E-state index in [1.54, 1.807) is 20.8 Å². The van der Waals surface area contributed by atoms with Crippen molar-refractivity contribution >= 4 is 17.5 Å². The topological polar surface area (TPSA) is 119 Å². The van der Waals surface area contributed by atoms with E-state index in [1.165, 1.54) is 4.90 Å². The van der Waals surface area contributed by atoms with Crippen molar-refractivity contribution in [1.82, 2.24) is 9.62 Å². The van der Waals surface area contributed by atoms with Gasteiger partial charge in [-0.15, -0.1) is 4.72 Å². The number of amides is 1. The van der Waals surface area contributed by atoms with Crippen LogP contribution in [0.4, 0.5) is 4.79 Å². The van der Waals surface area contributed by atoms with E-state index in [0.717, 1.165) is 16.7 Å². The lowest BCUT2D eigenvalue weighted by Gasteiger charge is -2.47. The number of benzene rings is 2. The minimum atomic E-state index is -1.61. The zero-order chi connectivity index (χ0) is 24.2. The smallest absolute Gasteiger partial charge is 0.407 e. The zero-order valence-corrected chi connectivity index (χ0v) is 20.0. The number of nitrogens with one attached hydrogen (secondary N) is 1. The molecule has 9 heteroatoms. The molecule has 3 atom stereocenters. The maximum atomic E-state index is 13.0. The molecule has 1 amide bonds. The second-order valence-electron chi connectivity index (χ2n) is 9.50. The standard InChI is InChI=1S/C24H31N3O5S/c1-23(2,3)33(32)25-24(17-27(30)31)13-8-14-26(22(28)29)21(24)16-18-9-7-12-20(15-18)19-10-5-4-6-11-19/h4-7,9-12,15,21,25H,8,13-14,16-17H2,1-3H3,(H,28,29)/t21?,24?,33-/m1/s1. The monoisotopic (exact) mass is 473 g/mol. The predicted molar refractivity (Wildman–Crippen MR) is 129 cm³/mol. The molecule has 0 aromatic heterocycles. The fourth-order valence-corrected chi connectivity index (χ4v) is 5.33. The lowest BCUT2D eigenvalue weighted by molar-refractivity contribution is -0.492. The molecule has 2 aromatic rings. The summed E-state index contributed by atoms with van der Waals surface area (Å²) in [5.74, 6) is 0. The fraction of sp³-hybridized carbons (Fsp3) is 0.458. The molecule has 1 fully saturated rings. The van der Waals surface area contributed by atoms with E-state index < -0.39 is 45.3 Å². The van der Waals surface area contributed by atoms with Gasteiger partial charge in [-0.3, -0.25) is 10.1 Å². The van der Waals surface area contributed by atoms with E-state index in [2.05, 4.69) is 4.72 Å². The number of nitrogens with zero attached hydrogens (tertiary/aromatic N) is 2. The van der Waals surface area contributed by atoms with Gasteiger partial charge in [-0.25, -0.2) is 4.79 Å². The molecule has 0 spiro atoms. The molecule has 3 rings (SSSR count). The SMILES string of the molecule is CC(C)(C)[S@@+]([O-])NC1(C[N+](=O)[O-])CCCN(C(=O)O)C1Cc1cccc(-c2ccccc2)c1. The number of carbonyl (C=O) groups is 1. The highest BCUT2D eigenvalue weighted by atomic mass is 32.2. The minimum absolute atomic E-state index is 0.273. The van der Waals surface area contributed by atoms with Gasteiger partial charge in [-0.1, -0.05) is 54.6 Å². The molecule has 2 unspecified atom stereocenters. The number of nitro groups is 1. The van der Waals surface area contributed by atoms with Gasteiger partial charge in [0, 0.05) is 22.8 Å². The third kappa shape index (κ3) is 6.04. The first-order chi connectivity index (χ1) is 15.5. The van der Waals surface area contributed by atoms with Crippen LogP contribution in [-0.2, 0) is 17.8 Å². The number of rotatable bonds is 7. The highest BCUT2D eigenvalue weighted by molar-refractivity contribution is 7.90. The van der Waals surface area contributed by atoms with E-state index in [1.807, 2.05) is 54.6 Å². The molecule has 33 heavy (non-hydrogen) atoms. The highest BCUT2D eigenvalue weighted by Gasteiger charge is 2.54. The first-order valence-electron chi connectivity index (χ1n) is 11.0. The van der Waals surface area contributed by atoms with E-state index in [4.69, 9.17) is 0 Å². The van der Waals surface area contributed by atoms with Crippen LogP contribution in [0.15, 0.2) is 54.6 Å². The van der Waals surface area contributed by atoms with Crippen LogP contribution in [0.2, 0.25) is 0 Å². The van der Waals surface area contributed by atoms with Crippen LogP contribution in [0.1, 0.15) is 39.2 Å². The second kappa shape index (κ2) is 10.1. The number of hydrogen-bond donors (Lipinski definition) is 2. The molecule has 0 radical (unpaired) electrons. The summed E-state index contributed by atoms with van der Waals surface area (Å²) in [6, 6.07) is 16.8. The highest BCUT2D eigenvalue weighted by Crippen LogP contribution is 2.34. The number of hydrogen-bond acceptors (Lipinski definition) is 5. The molecule has 1 saturated heterocycles. The Kier molecular flexibility index (Phi) is 7.66. The van der Waals surface area contributed by atoms with Crippen LogP contribution in [0.3, 0.4) is 0 Å². The summed E-state index contributed by atoms with van der Waals surface area (Å²) in [5, 5.41) is 21.7. The molecular formula is C24H31N3O5S. The summed E-state index contributed by atoms with van der Waals surface area (Å²) in [4.78, 5) is 24.7. The van der Waals surface area contributed by atoms with Crippen molar-refractivity contribution in [3.8, 4) is 11.1 Å². The zero-order valence-electron chi connectivity index (χ0n) is 19.2. The molecule has 178 valence electrons. The average molecular weight is 474 g/mol. The van der Waals surface area contributed by atoms with Gasteiger partial charge in [0.15, 0.2) is 0 Å². The first kappa shape index (κ1) is 25.0. The van der Waals surface area contributed by atoms with Crippen LogP contribution in [0.25, 0.3) is 11.1 Å². The Balaban J connectivity index is 2.02. The van der Waals surface area contributed by atoms with Gasteiger partial charge >= 0.3 is 6.09 Å². The average Bonchev–Trinajstić information content (AvgIpc) is 2.74. The molecule has 1 heterocycles. The molecule has 0 saturated carbocycles. The van der Waals surface area contributed by atoms with E-state index in [-0.39, 0.29) is 13.0 Å². The fourth-order valence-electron chi connectivity index (χ4n) is 4.36. The van der Waals surface area contributed by atoms with Crippen LogP contribution in [0, 0.1) is 10.1 Å². The van der Waals surface area contributed by atoms with Crippen molar-refractivity contribution in [2.75, 3.05) is 13.1 Å². The van der Waals surface area contributed by atoms with Gasteiger partial charge < -0.3 is 14.6 Å². The summed E-state index contributed by atoms with van der Waals surface area (Å²) >= 11 is -1.61. The summed E-state index contributed by atoms with van der Waals surface area (Å²) in [6.07, 6.45) is -0.0396. The van der Waals surface area contributed by atoms with Crippen molar-refractivity contribution < 1.29 is 19.4 Å². The Hall–Kier alpha value is -2.62. The molecule has 8 nitrogen and oxygen atoms in total. The van der Waals surface area contributed by atoms with Crippen molar-refractivity contribution in [1.29, 1.82) is 0 Å². The lowest BCUT2D eigenvalue weighted by Crippen LogP contribution is -2.70. The predicted octanol–water partition coefficient (Wildman–Crippen LogP) is 4.11. The van der Waals surface area contributed by atoms with E-state index in [9.17, 15) is 24.6 Å². The number of likely N-dealkylation sites (tertiary alicyclic amines) is 1. The number of piperidine rings is 1. The first-order valence-corrected chi connectivity index (χ1v) is 12.1. The third-order valence-electron chi connectivity index (χ3n) is 6.01. The summed E-state index contributed by atoms with van der Waals surface area (Å²) in [6.45, 7) is 5.12. The minimum Gasteiger partial charge on any atom is -0.598 e. The van der Waals surface area contributed by atoms with Gasteiger partial charge in [-0.05, 0) is 56.7 Å². The van der Waals surface area contributed by atoms with Gasteiger partial charge in [0.25, 0.3) is 0 Å². The molecule has 1 aliphatic heterocycles. The lowest BCUT2D eigenvalue weighted by atomic mass is 9.78. The quantitative estimate of drug-likeness (QED) is 0.355. The van der Waals surface area contributed by atoms with E-state index in [0.29, 0.717) is 12.8 Å². The normalized spacial score (nSPS) is 22.1. The molecular weight excluding hydrogens is 442 g/mol. The third-order valence-corrected chi connectivity index (χ3v) is 7.71. The summed E-state index contributed by atoms with van der Waals surface area (Å²) < 4.78 is 15.4. The van der Waals surface area contributed by atoms with Crippen LogP contribution < -0.4 is 4.72 Å². The molecule has 2 aromatic carbocycles. The van der Waals surface area contributed by atoms with E-state index >= 15 is 0 Å². The van der Waals surface area contributed by atoms with Gasteiger partial charge in [0.1, 0.15) is 10.3 Å².